The van der Waals surface area contributed by atoms with E-state index in [1.165, 1.54) is 0 Å². The zero-order chi connectivity index (χ0) is 14.7. The van der Waals surface area contributed by atoms with Crippen LogP contribution in [0.2, 0.25) is 5.02 Å². The number of benzene rings is 2. The van der Waals surface area contributed by atoms with Crippen molar-refractivity contribution in [2.75, 3.05) is 11.9 Å². The summed E-state index contributed by atoms with van der Waals surface area (Å²) in [4.78, 5) is 4.71. The van der Waals surface area contributed by atoms with Gasteiger partial charge in [0.25, 0.3) is 0 Å². The summed E-state index contributed by atoms with van der Waals surface area (Å²) in [5, 5.41) is 4.15. The number of halogens is 1. The summed E-state index contributed by atoms with van der Waals surface area (Å²) in [6.45, 7) is 3.92. The lowest BCUT2D eigenvalue weighted by atomic mass is 10.3. The number of para-hydroxylation sites is 1. The van der Waals surface area contributed by atoms with Gasteiger partial charge in [0.2, 0.25) is 0 Å². The van der Waals surface area contributed by atoms with Crippen molar-refractivity contribution in [2.24, 2.45) is 0 Å². The third-order valence-electron chi connectivity index (χ3n) is 3.56. The number of imidazole rings is 1. The second-order valence-corrected chi connectivity index (χ2v) is 5.38. The van der Waals surface area contributed by atoms with E-state index in [2.05, 4.69) is 28.9 Å². The molecule has 0 radical (unpaired) electrons. The molecular weight excluding hydrogens is 282 g/mol. The number of fused-ring (bicyclic) bond motifs is 1. The Bertz CT molecular complexity index is 734. The topological polar surface area (TPSA) is 29.9 Å². The lowest BCUT2D eigenvalue weighted by Crippen LogP contribution is -2.09. The molecule has 0 aliphatic carbocycles. The summed E-state index contributed by atoms with van der Waals surface area (Å²) in [5.41, 5.74) is 3.26. The Morgan fingerprint density at radius 2 is 1.95 bits per heavy atom. The predicted octanol–water partition coefficient (Wildman–Crippen LogP) is 4.36. The Kier molecular flexibility index (Phi) is 4.11. The van der Waals surface area contributed by atoms with Gasteiger partial charge in [-0.2, -0.15) is 0 Å². The van der Waals surface area contributed by atoms with Gasteiger partial charge in [-0.15, -0.1) is 0 Å². The van der Waals surface area contributed by atoms with E-state index < -0.39 is 0 Å². The van der Waals surface area contributed by atoms with Gasteiger partial charge in [0.05, 0.1) is 11.0 Å². The van der Waals surface area contributed by atoms with Crippen molar-refractivity contribution in [3.63, 3.8) is 0 Å². The summed E-state index contributed by atoms with van der Waals surface area (Å²) in [6, 6.07) is 16.1. The molecule has 1 heterocycles. The summed E-state index contributed by atoms with van der Waals surface area (Å²) in [6.07, 6.45) is 0.884. The molecule has 4 heteroatoms. The fourth-order valence-corrected chi connectivity index (χ4v) is 2.74. The smallest absolute Gasteiger partial charge is 0.111 e. The van der Waals surface area contributed by atoms with Crippen molar-refractivity contribution >= 4 is 28.3 Å². The molecule has 1 N–H and O–H groups in total. The Labute approximate surface area is 129 Å². The van der Waals surface area contributed by atoms with Gasteiger partial charge in [0, 0.05) is 30.2 Å². The van der Waals surface area contributed by atoms with E-state index in [4.69, 9.17) is 16.6 Å². The minimum atomic E-state index is 0.734. The fraction of sp³-hybridized carbons (Fsp3) is 0.235. The monoisotopic (exact) mass is 299 g/mol. The van der Waals surface area contributed by atoms with Crippen LogP contribution in [0.15, 0.2) is 48.5 Å². The minimum absolute atomic E-state index is 0.734. The van der Waals surface area contributed by atoms with Crippen LogP contribution in [0, 0.1) is 0 Å². The highest BCUT2D eigenvalue weighted by Gasteiger charge is 2.09. The number of anilines is 1. The summed E-state index contributed by atoms with van der Waals surface area (Å²) < 4.78 is 2.25. The van der Waals surface area contributed by atoms with Gasteiger partial charge in [-0.05, 0) is 37.3 Å². The van der Waals surface area contributed by atoms with Crippen molar-refractivity contribution < 1.29 is 0 Å². The van der Waals surface area contributed by atoms with E-state index in [1.807, 2.05) is 36.4 Å². The molecular formula is C17H18ClN3. The van der Waals surface area contributed by atoms with Crippen molar-refractivity contribution in [1.82, 2.24) is 9.55 Å². The SMILES string of the molecule is CCn1c(CCNc2ccccc2)nc2cc(Cl)ccc21. The highest BCUT2D eigenvalue weighted by atomic mass is 35.5. The lowest BCUT2D eigenvalue weighted by Gasteiger charge is -2.08. The third-order valence-corrected chi connectivity index (χ3v) is 3.79. The molecule has 2 aromatic carbocycles. The zero-order valence-electron chi connectivity index (χ0n) is 12.0. The number of nitrogens with one attached hydrogen (secondary N) is 1. The van der Waals surface area contributed by atoms with Crippen molar-refractivity contribution in [3.8, 4) is 0 Å². The molecule has 0 aliphatic rings. The molecule has 0 saturated carbocycles. The predicted molar refractivity (Wildman–Crippen MR) is 89.1 cm³/mol. The molecule has 0 spiro atoms. The van der Waals surface area contributed by atoms with Gasteiger partial charge in [-0.3, -0.25) is 0 Å². The first kappa shape index (κ1) is 14.0. The zero-order valence-corrected chi connectivity index (χ0v) is 12.8. The van der Waals surface area contributed by atoms with E-state index in [-0.39, 0.29) is 0 Å². The number of hydrogen-bond donors (Lipinski definition) is 1. The maximum Gasteiger partial charge on any atom is 0.111 e. The minimum Gasteiger partial charge on any atom is -0.385 e. The van der Waals surface area contributed by atoms with Crippen LogP contribution < -0.4 is 5.32 Å². The molecule has 0 amide bonds. The van der Waals surface area contributed by atoms with Gasteiger partial charge in [-0.25, -0.2) is 4.98 Å². The van der Waals surface area contributed by atoms with Gasteiger partial charge in [0.15, 0.2) is 0 Å². The van der Waals surface area contributed by atoms with Gasteiger partial charge in [-0.1, -0.05) is 29.8 Å². The van der Waals surface area contributed by atoms with Crippen LogP contribution >= 0.6 is 11.6 Å². The van der Waals surface area contributed by atoms with Crippen molar-refractivity contribution in [2.45, 2.75) is 19.9 Å². The lowest BCUT2D eigenvalue weighted by molar-refractivity contribution is 0.717. The second kappa shape index (κ2) is 6.19. The summed E-state index contributed by atoms with van der Waals surface area (Å²) >= 11 is 6.05. The molecule has 108 valence electrons. The molecule has 1 aromatic heterocycles. The summed E-state index contributed by atoms with van der Waals surface area (Å²) in [5.74, 6) is 1.10. The molecule has 0 aliphatic heterocycles. The second-order valence-electron chi connectivity index (χ2n) is 4.95. The molecule has 3 aromatic rings. The molecule has 3 nitrogen and oxygen atoms in total. The highest BCUT2D eigenvalue weighted by molar-refractivity contribution is 6.31. The highest BCUT2D eigenvalue weighted by Crippen LogP contribution is 2.21. The van der Waals surface area contributed by atoms with Crippen molar-refractivity contribution in [3.05, 3.63) is 59.4 Å². The Morgan fingerprint density at radius 3 is 2.71 bits per heavy atom. The average molecular weight is 300 g/mol. The Balaban J connectivity index is 1.77. The Morgan fingerprint density at radius 1 is 1.14 bits per heavy atom. The van der Waals surface area contributed by atoms with Crippen LogP contribution in [0.5, 0.6) is 0 Å². The molecule has 21 heavy (non-hydrogen) atoms. The van der Waals surface area contributed by atoms with Crippen molar-refractivity contribution in [1.29, 1.82) is 0 Å². The molecule has 0 bridgehead atoms. The first-order valence-corrected chi connectivity index (χ1v) is 7.59. The summed E-state index contributed by atoms with van der Waals surface area (Å²) in [7, 11) is 0. The van der Waals surface area contributed by atoms with Gasteiger partial charge in [0.1, 0.15) is 5.82 Å². The number of aromatic nitrogens is 2. The number of nitrogens with zero attached hydrogens (tertiary/aromatic N) is 2. The first-order chi connectivity index (χ1) is 10.3. The van der Waals surface area contributed by atoms with E-state index in [0.29, 0.717) is 0 Å². The standard InChI is InChI=1S/C17H18ClN3/c1-2-21-16-9-8-13(18)12-15(16)20-17(21)10-11-19-14-6-4-3-5-7-14/h3-9,12,19H,2,10-11H2,1H3. The third kappa shape index (κ3) is 3.03. The largest absolute Gasteiger partial charge is 0.385 e. The van der Waals surface area contributed by atoms with Crippen LogP contribution in [0.3, 0.4) is 0 Å². The molecule has 0 fully saturated rings. The first-order valence-electron chi connectivity index (χ1n) is 7.21. The van der Waals surface area contributed by atoms with Crippen LogP contribution in [0.25, 0.3) is 11.0 Å². The fourth-order valence-electron chi connectivity index (χ4n) is 2.57. The number of rotatable bonds is 5. The van der Waals surface area contributed by atoms with Gasteiger partial charge >= 0.3 is 0 Å². The molecule has 3 rings (SSSR count). The number of aryl methyl sites for hydroxylation is 1. The molecule has 0 unspecified atom stereocenters. The van der Waals surface area contributed by atoms with Crippen LogP contribution in [-0.2, 0) is 13.0 Å². The van der Waals surface area contributed by atoms with E-state index in [1.54, 1.807) is 0 Å². The van der Waals surface area contributed by atoms with Crippen LogP contribution in [0.4, 0.5) is 5.69 Å². The number of hydrogen-bond acceptors (Lipinski definition) is 2. The van der Waals surface area contributed by atoms with Gasteiger partial charge < -0.3 is 9.88 Å². The Hall–Kier alpha value is -2.00. The van der Waals surface area contributed by atoms with E-state index in [0.717, 1.165) is 47.1 Å². The van der Waals surface area contributed by atoms with Crippen LogP contribution in [0.1, 0.15) is 12.7 Å². The molecule has 0 atom stereocenters. The quantitative estimate of drug-likeness (QED) is 0.758. The normalized spacial score (nSPS) is 11.0. The van der Waals surface area contributed by atoms with E-state index >= 15 is 0 Å². The molecule has 0 saturated heterocycles. The maximum atomic E-state index is 6.05. The average Bonchev–Trinajstić information content (AvgIpc) is 2.84. The maximum absolute atomic E-state index is 6.05. The van der Waals surface area contributed by atoms with Crippen LogP contribution in [-0.4, -0.2) is 16.1 Å². The van der Waals surface area contributed by atoms with E-state index in [9.17, 15) is 0 Å².